The molecule has 3 heterocycles. The van der Waals surface area contributed by atoms with E-state index in [1.165, 1.54) is 18.5 Å². The fourth-order valence-electron chi connectivity index (χ4n) is 2.51. The summed E-state index contributed by atoms with van der Waals surface area (Å²) in [6.07, 6.45) is 6.07. The quantitative estimate of drug-likeness (QED) is 0.603. The average Bonchev–Trinajstić information content (AvgIpc) is 3.11. The lowest BCUT2D eigenvalue weighted by atomic mass is 9.93. The van der Waals surface area contributed by atoms with E-state index in [0.29, 0.717) is 12.1 Å². The Morgan fingerprint density at radius 1 is 1.00 bits per heavy atom. The number of aromatic nitrogens is 3. The highest BCUT2D eigenvalue weighted by Gasteiger charge is 2.34. The van der Waals surface area contributed by atoms with Gasteiger partial charge in [-0.05, 0) is 23.8 Å². The molecule has 8 heteroatoms. The van der Waals surface area contributed by atoms with E-state index in [9.17, 15) is 14.4 Å². The van der Waals surface area contributed by atoms with Gasteiger partial charge in [-0.2, -0.15) is 0 Å². The minimum atomic E-state index is -0.431. The molecule has 122 valence electrons. The molecule has 1 aliphatic carbocycles. The first-order valence-corrected chi connectivity index (χ1v) is 8.18. The molecule has 4 rings (SSSR count). The fourth-order valence-corrected chi connectivity index (χ4v) is 3.44. The van der Waals surface area contributed by atoms with Crippen LogP contribution in [0, 0.1) is 0 Å². The first-order valence-electron chi connectivity index (χ1n) is 7.36. The molecule has 0 atom stereocenters. The number of pyridine rings is 2. The minimum Gasteiger partial charge on any atom is -0.346 e. The summed E-state index contributed by atoms with van der Waals surface area (Å²) in [6.45, 7) is 0.303. The van der Waals surface area contributed by atoms with Crippen molar-refractivity contribution in [1.29, 1.82) is 0 Å². The van der Waals surface area contributed by atoms with Crippen molar-refractivity contribution in [2.24, 2.45) is 0 Å². The third kappa shape index (κ3) is 2.62. The monoisotopic (exact) mass is 350 g/mol. The summed E-state index contributed by atoms with van der Waals surface area (Å²) < 4.78 is 0. The smallest absolute Gasteiger partial charge is 0.280 e. The predicted octanol–water partition coefficient (Wildman–Crippen LogP) is 1.64. The molecule has 7 nitrogen and oxygen atoms in total. The number of nitrogens with one attached hydrogen (secondary N) is 1. The molecular weight excluding hydrogens is 340 g/mol. The SMILES string of the molecule is O=C(NCc1ccncc1)c1nc2c(s1)C(=O)c1ccncc1C2=O. The van der Waals surface area contributed by atoms with Crippen molar-refractivity contribution in [1.82, 2.24) is 20.3 Å². The molecule has 0 spiro atoms. The number of carbonyl (C=O) groups is 3. The third-order valence-electron chi connectivity index (χ3n) is 3.76. The van der Waals surface area contributed by atoms with Crippen LogP contribution in [0.5, 0.6) is 0 Å². The van der Waals surface area contributed by atoms with Crippen LogP contribution in [-0.2, 0) is 6.54 Å². The minimum absolute atomic E-state index is 0.0181. The molecule has 3 aromatic rings. The summed E-state index contributed by atoms with van der Waals surface area (Å²) >= 11 is 0.928. The second-order valence-electron chi connectivity index (χ2n) is 5.31. The van der Waals surface area contributed by atoms with Gasteiger partial charge >= 0.3 is 0 Å². The molecule has 0 bridgehead atoms. The zero-order valence-electron chi connectivity index (χ0n) is 12.7. The van der Waals surface area contributed by atoms with Crippen molar-refractivity contribution in [2.75, 3.05) is 0 Å². The molecule has 0 fully saturated rings. The van der Waals surface area contributed by atoms with Gasteiger partial charge < -0.3 is 5.32 Å². The number of hydrogen-bond donors (Lipinski definition) is 1. The maximum absolute atomic E-state index is 12.5. The van der Waals surface area contributed by atoms with E-state index in [2.05, 4.69) is 20.3 Å². The summed E-state index contributed by atoms with van der Waals surface area (Å²) in [6, 6.07) is 5.06. The largest absolute Gasteiger partial charge is 0.346 e. The van der Waals surface area contributed by atoms with Crippen LogP contribution >= 0.6 is 11.3 Å². The Balaban J connectivity index is 1.61. The molecule has 25 heavy (non-hydrogen) atoms. The van der Waals surface area contributed by atoms with Crippen LogP contribution in [0.3, 0.4) is 0 Å². The average molecular weight is 350 g/mol. The van der Waals surface area contributed by atoms with Gasteiger partial charge in [-0.3, -0.25) is 24.4 Å². The first-order chi connectivity index (χ1) is 12.1. The number of nitrogens with zero attached hydrogens (tertiary/aromatic N) is 3. The first kappa shape index (κ1) is 15.3. The van der Waals surface area contributed by atoms with E-state index in [1.54, 1.807) is 24.5 Å². The van der Waals surface area contributed by atoms with Crippen LogP contribution in [0.4, 0.5) is 0 Å². The van der Waals surface area contributed by atoms with Crippen LogP contribution in [0.2, 0.25) is 0 Å². The lowest BCUT2D eigenvalue weighted by molar-refractivity contribution is 0.0949. The molecule has 0 saturated carbocycles. The highest BCUT2D eigenvalue weighted by atomic mass is 32.1. The molecule has 1 N–H and O–H groups in total. The molecule has 0 aromatic carbocycles. The van der Waals surface area contributed by atoms with E-state index < -0.39 is 5.91 Å². The van der Waals surface area contributed by atoms with Gasteiger partial charge in [-0.1, -0.05) is 0 Å². The normalized spacial score (nSPS) is 12.5. The number of hydrogen-bond acceptors (Lipinski definition) is 7. The van der Waals surface area contributed by atoms with E-state index in [-0.39, 0.29) is 32.7 Å². The van der Waals surface area contributed by atoms with Gasteiger partial charge in [0.15, 0.2) is 5.01 Å². The number of fused-ring (bicyclic) bond motifs is 2. The van der Waals surface area contributed by atoms with Crippen LogP contribution in [0.1, 0.15) is 46.7 Å². The van der Waals surface area contributed by atoms with Gasteiger partial charge in [0.05, 0.1) is 5.56 Å². The van der Waals surface area contributed by atoms with Gasteiger partial charge in [0.1, 0.15) is 10.6 Å². The molecular formula is C17H10N4O3S. The Hall–Kier alpha value is -3.26. The Kier molecular flexibility index (Phi) is 3.66. The number of carbonyl (C=O) groups excluding carboxylic acids is 3. The van der Waals surface area contributed by atoms with Crippen LogP contribution in [-0.4, -0.2) is 32.4 Å². The molecule has 0 saturated heterocycles. The van der Waals surface area contributed by atoms with Crippen LogP contribution in [0.15, 0.2) is 43.0 Å². The van der Waals surface area contributed by atoms with Crippen molar-refractivity contribution in [3.63, 3.8) is 0 Å². The highest BCUT2D eigenvalue weighted by molar-refractivity contribution is 7.16. The summed E-state index contributed by atoms with van der Waals surface area (Å²) in [5, 5.41) is 2.81. The summed E-state index contributed by atoms with van der Waals surface area (Å²) in [5.41, 5.74) is 1.41. The van der Waals surface area contributed by atoms with Gasteiger partial charge in [-0.25, -0.2) is 4.98 Å². The Bertz CT molecular complexity index is 961. The predicted molar refractivity (Wildman–Crippen MR) is 88.6 cm³/mol. The fraction of sp³-hybridized carbons (Fsp3) is 0.0588. The molecule has 0 aliphatic heterocycles. The number of amides is 1. The standard InChI is InChI=1S/C17H10N4O3S/c22-13-11-8-19-6-3-10(11)14(23)15-12(13)21-17(25-15)16(24)20-7-9-1-4-18-5-2-9/h1-6,8H,7H2,(H,20,24). The van der Waals surface area contributed by atoms with Crippen LogP contribution in [0.25, 0.3) is 0 Å². The lowest BCUT2D eigenvalue weighted by Gasteiger charge is -2.11. The Morgan fingerprint density at radius 3 is 2.56 bits per heavy atom. The zero-order valence-corrected chi connectivity index (χ0v) is 13.5. The molecule has 1 amide bonds. The molecule has 0 unspecified atom stereocenters. The number of thiazole rings is 1. The Morgan fingerprint density at radius 2 is 1.76 bits per heavy atom. The van der Waals surface area contributed by atoms with E-state index in [4.69, 9.17) is 0 Å². The summed E-state index contributed by atoms with van der Waals surface area (Å²) in [5.74, 6) is -1.13. The highest BCUT2D eigenvalue weighted by Crippen LogP contribution is 2.30. The van der Waals surface area contributed by atoms with Crippen molar-refractivity contribution in [3.8, 4) is 0 Å². The molecule has 3 aromatic heterocycles. The lowest BCUT2D eigenvalue weighted by Crippen LogP contribution is -2.23. The van der Waals surface area contributed by atoms with E-state index >= 15 is 0 Å². The van der Waals surface area contributed by atoms with Crippen molar-refractivity contribution in [3.05, 3.63) is 75.3 Å². The van der Waals surface area contributed by atoms with Crippen molar-refractivity contribution >= 4 is 28.8 Å². The van der Waals surface area contributed by atoms with Gasteiger partial charge in [0.2, 0.25) is 11.6 Å². The topological polar surface area (TPSA) is 102 Å². The summed E-state index contributed by atoms with van der Waals surface area (Å²) in [7, 11) is 0. The zero-order chi connectivity index (χ0) is 17.4. The second-order valence-corrected chi connectivity index (χ2v) is 6.31. The second kappa shape index (κ2) is 5.99. The molecule has 1 aliphatic rings. The van der Waals surface area contributed by atoms with Crippen molar-refractivity contribution < 1.29 is 14.4 Å². The van der Waals surface area contributed by atoms with Gasteiger partial charge in [0.25, 0.3) is 5.91 Å². The Labute approximate surface area is 145 Å². The number of ketones is 2. The van der Waals surface area contributed by atoms with Gasteiger partial charge in [-0.15, -0.1) is 11.3 Å². The number of rotatable bonds is 3. The van der Waals surface area contributed by atoms with Crippen LogP contribution < -0.4 is 5.32 Å². The summed E-state index contributed by atoms with van der Waals surface area (Å²) in [4.78, 5) is 49.4. The third-order valence-corrected chi connectivity index (χ3v) is 4.81. The van der Waals surface area contributed by atoms with E-state index in [1.807, 2.05) is 0 Å². The van der Waals surface area contributed by atoms with E-state index in [0.717, 1.165) is 16.9 Å². The van der Waals surface area contributed by atoms with Crippen molar-refractivity contribution in [2.45, 2.75) is 6.54 Å². The molecule has 0 radical (unpaired) electrons. The maximum atomic E-state index is 12.5. The van der Waals surface area contributed by atoms with Gasteiger partial charge in [0, 0.05) is 36.9 Å². The maximum Gasteiger partial charge on any atom is 0.280 e.